The molecule has 5 heteroatoms. The Hall–Kier alpha value is -0.870. The van der Waals surface area contributed by atoms with Crippen molar-refractivity contribution in [1.29, 1.82) is 0 Å². The minimum atomic E-state index is 0.296. The standard InChI is InChI=1S/C12H15ClN2OS/c13-11-10(8-16)17-12(15-11)14-7-6-9-4-2-1-3-5-9/h4,8H,1-3,5-7H2,(H,14,15). The Morgan fingerprint density at radius 1 is 1.53 bits per heavy atom. The molecule has 1 N–H and O–H groups in total. The number of carbonyl (C=O) groups is 1. The van der Waals surface area contributed by atoms with Gasteiger partial charge in [-0.2, -0.15) is 0 Å². The van der Waals surface area contributed by atoms with E-state index >= 15 is 0 Å². The van der Waals surface area contributed by atoms with Crippen LogP contribution in [0.3, 0.4) is 0 Å². The van der Waals surface area contributed by atoms with Crippen molar-refractivity contribution in [2.45, 2.75) is 32.1 Å². The van der Waals surface area contributed by atoms with E-state index in [1.165, 1.54) is 42.6 Å². The molecular weight excluding hydrogens is 256 g/mol. The lowest BCUT2D eigenvalue weighted by Crippen LogP contribution is -2.03. The van der Waals surface area contributed by atoms with Gasteiger partial charge in [0.2, 0.25) is 0 Å². The van der Waals surface area contributed by atoms with Crippen molar-refractivity contribution in [3.63, 3.8) is 0 Å². The Morgan fingerprint density at radius 2 is 2.41 bits per heavy atom. The maximum atomic E-state index is 10.6. The number of aldehydes is 1. The van der Waals surface area contributed by atoms with Gasteiger partial charge in [-0.25, -0.2) is 4.98 Å². The van der Waals surface area contributed by atoms with E-state index in [2.05, 4.69) is 16.4 Å². The normalized spacial score (nSPS) is 15.5. The molecule has 0 amide bonds. The molecule has 0 fully saturated rings. The quantitative estimate of drug-likeness (QED) is 0.651. The van der Waals surface area contributed by atoms with Gasteiger partial charge in [0.15, 0.2) is 16.6 Å². The van der Waals surface area contributed by atoms with Gasteiger partial charge in [-0.05, 0) is 32.1 Å². The summed E-state index contributed by atoms with van der Waals surface area (Å²) in [5.41, 5.74) is 1.53. The molecule has 0 radical (unpaired) electrons. The van der Waals surface area contributed by atoms with Crippen LogP contribution in [-0.4, -0.2) is 17.8 Å². The fourth-order valence-corrected chi connectivity index (χ4v) is 2.92. The number of rotatable bonds is 5. The summed E-state index contributed by atoms with van der Waals surface area (Å²) >= 11 is 7.09. The lowest BCUT2D eigenvalue weighted by Gasteiger charge is -2.12. The molecule has 1 aliphatic rings. The van der Waals surface area contributed by atoms with Gasteiger partial charge >= 0.3 is 0 Å². The fourth-order valence-electron chi connectivity index (χ4n) is 1.92. The highest BCUT2D eigenvalue weighted by Crippen LogP contribution is 2.25. The first-order chi connectivity index (χ1) is 8.29. The summed E-state index contributed by atoms with van der Waals surface area (Å²) in [6, 6.07) is 0. The van der Waals surface area contributed by atoms with Crippen LogP contribution >= 0.6 is 22.9 Å². The average molecular weight is 271 g/mol. The maximum Gasteiger partial charge on any atom is 0.184 e. The van der Waals surface area contributed by atoms with Crippen LogP contribution in [0.2, 0.25) is 5.15 Å². The van der Waals surface area contributed by atoms with Gasteiger partial charge in [-0.3, -0.25) is 4.79 Å². The Balaban J connectivity index is 1.81. The Bertz CT molecular complexity index is 428. The molecule has 1 aliphatic carbocycles. The molecule has 1 aromatic heterocycles. The number of anilines is 1. The summed E-state index contributed by atoms with van der Waals surface area (Å²) in [5.74, 6) is 0. The van der Waals surface area contributed by atoms with Crippen LogP contribution in [0.15, 0.2) is 11.6 Å². The van der Waals surface area contributed by atoms with Crippen LogP contribution in [0, 0.1) is 0 Å². The zero-order chi connectivity index (χ0) is 12.1. The summed E-state index contributed by atoms with van der Waals surface area (Å²) < 4.78 is 0. The summed E-state index contributed by atoms with van der Waals surface area (Å²) in [5, 5.41) is 4.24. The minimum Gasteiger partial charge on any atom is -0.361 e. The number of carbonyl (C=O) groups excluding carboxylic acids is 1. The lowest BCUT2D eigenvalue weighted by atomic mass is 9.97. The summed E-state index contributed by atoms with van der Waals surface area (Å²) in [7, 11) is 0. The van der Waals surface area contributed by atoms with Gasteiger partial charge in [0.05, 0.1) is 0 Å². The topological polar surface area (TPSA) is 42.0 Å². The first kappa shape index (κ1) is 12.6. The molecule has 1 heterocycles. The second-order valence-electron chi connectivity index (χ2n) is 4.08. The molecule has 0 spiro atoms. The molecule has 0 unspecified atom stereocenters. The number of halogens is 1. The molecule has 3 nitrogen and oxygen atoms in total. The number of hydrogen-bond acceptors (Lipinski definition) is 4. The van der Waals surface area contributed by atoms with E-state index < -0.39 is 0 Å². The smallest absolute Gasteiger partial charge is 0.184 e. The number of aromatic nitrogens is 1. The van der Waals surface area contributed by atoms with Gasteiger partial charge < -0.3 is 5.32 Å². The molecule has 0 bridgehead atoms. The third-order valence-electron chi connectivity index (χ3n) is 2.82. The van der Waals surface area contributed by atoms with Gasteiger partial charge in [0, 0.05) is 6.54 Å². The first-order valence-corrected chi connectivity index (χ1v) is 7.02. The maximum absolute atomic E-state index is 10.6. The number of nitrogens with zero attached hydrogens (tertiary/aromatic N) is 1. The summed E-state index contributed by atoms with van der Waals surface area (Å²) in [4.78, 5) is 15.2. The van der Waals surface area contributed by atoms with Crippen molar-refractivity contribution in [2.24, 2.45) is 0 Å². The number of hydrogen-bond donors (Lipinski definition) is 1. The fraction of sp³-hybridized carbons (Fsp3) is 0.500. The number of allylic oxidation sites excluding steroid dienone is 1. The number of nitrogens with one attached hydrogen (secondary N) is 1. The third-order valence-corrected chi connectivity index (χ3v) is 4.16. The molecule has 17 heavy (non-hydrogen) atoms. The van der Waals surface area contributed by atoms with Crippen molar-refractivity contribution >= 4 is 34.4 Å². The van der Waals surface area contributed by atoms with E-state index in [1.54, 1.807) is 0 Å². The third kappa shape index (κ3) is 3.54. The first-order valence-electron chi connectivity index (χ1n) is 5.83. The molecule has 0 atom stereocenters. The Labute approximate surface area is 110 Å². The summed E-state index contributed by atoms with van der Waals surface area (Å²) in [6.45, 7) is 0.855. The second kappa shape index (κ2) is 6.17. The van der Waals surface area contributed by atoms with Crippen molar-refractivity contribution in [2.75, 3.05) is 11.9 Å². The molecule has 2 rings (SSSR count). The van der Waals surface area contributed by atoms with Crippen molar-refractivity contribution in [3.8, 4) is 0 Å². The van der Waals surface area contributed by atoms with Crippen molar-refractivity contribution in [1.82, 2.24) is 4.98 Å². The molecular formula is C12H15ClN2OS. The molecule has 0 aliphatic heterocycles. The van der Waals surface area contributed by atoms with Crippen molar-refractivity contribution < 1.29 is 4.79 Å². The highest BCUT2D eigenvalue weighted by Gasteiger charge is 2.08. The molecule has 0 saturated heterocycles. The number of thiazole rings is 1. The monoisotopic (exact) mass is 270 g/mol. The minimum absolute atomic E-state index is 0.296. The highest BCUT2D eigenvalue weighted by atomic mass is 35.5. The van der Waals surface area contributed by atoms with Crippen LogP contribution in [0.4, 0.5) is 5.13 Å². The average Bonchev–Trinajstić information content (AvgIpc) is 2.71. The van der Waals surface area contributed by atoms with E-state index in [4.69, 9.17) is 11.6 Å². The highest BCUT2D eigenvalue weighted by molar-refractivity contribution is 7.17. The predicted octanol–water partition coefficient (Wildman–Crippen LogP) is 3.91. The second-order valence-corrected chi connectivity index (χ2v) is 5.47. The van der Waals surface area contributed by atoms with Gasteiger partial charge in [0.25, 0.3) is 0 Å². The van der Waals surface area contributed by atoms with E-state index in [0.29, 0.717) is 10.0 Å². The van der Waals surface area contributed by atoms with E-state index in [0.717, 1.165) is 24.4 Å². The zero-order valence-electron chi connectivity index (χ0n) is 9.54. The Morgan fingerprint density at radius 3 is 3.06 bits per heavy atom. The van der Waals surface area contributed by atoms with E-state index in [-0.39, 0.29) is 0 Å². The van der Waals surface area contributed by atoms with E-state index in [9.17, 15) is 4.79 Å². The molecule has 92 valence electrons. The van der Waals surface area contributed by atoms with Gasteiger partial charge in [-0.1, -0.05) is 34.6 Å². The van der Waals surface area contributed by atoms with Gasteiger partial charge in [0.1, 0.15) is 4.88 Å². The van der Waals surface area contributed by atoms with Crippen LogP contribution in [0.1, 0.15) is 41.8 Å². The molecule has 0 aromatic carbocycles. The van der Waals surface area contributed by atoms with Crippen LogP contribution in [0.25, 0.3) is 0 Å². The molecule has 1 aromatic rings. The van der Waals surface area contributed by atoms with Crippen LogP contribution in [0.5, 0.6) is 0 Å². The van der Waals surface area contributed by atoms with Crippen LogP contribution in [-0.2, 0) is 0 Å². The Kier molecular flexibility index (Phi) is 4.57. The SMILES string of the molecule is O=Cc1sc(NCCC2=CCCCC2)nc1Cl. The zero-order valence-corrected chi connectivity index (χ0v) is 11.1. The van der Waals surface area contributed by atoms with Crippen molar-refractivity contribution in [3.05, 3.63) is 21.7 Å². The molecule has 0 saturated carbocycles. The lowest BCUT2D eigenvalue weighted by molar-refractivity contribution is 0.112. The van der Waals surface area contributed by atoms with E-state index in [1.807, 2.05) is 0 Å². The largest absolute Gasteiger partial charge is 0.361 e. The van der Waals surface area contributed by atoms with Gasteiger partial charge in [-0.15, -0.1) is 0 Å². The predicted molar refractivity (Wildman–Crippen MR) is 72.2 cm³/mol. The summed E-state index contributed by atoms with van der Waals surface area (Å²) in [6.07, 6.45) is 9.21. The van der Waals surface area contributed by atoms with Crippen LogP contribution < -0.4 is 5.32 Å².